The summed E-state index contributed by atoms with van der Waals surface area (Å²) in [6, 6.07) is 8.42. The lowest BCUT2D eigenvalue weighted by Crippen LogP contribution is -2.38. The van der Waals surface area contributed by atoms with Gasteiger partial charge >= 0.3 is 0 Å². The monoisotopic (exact) mass is 417 g/mol. The van der Waals surface area contributed by atoms with Gasteiger partial charge in [0.25, 0.3) is 0 Å². The molecule has 1 amide bonds. The molecule has 0 unspecified atom stereocenters. The largest absolute Gasteiger partial charge is 0.352 e. The number of halogens is 2. The van der Waals surface area contributed by atoms with Crippen LogP contribution in [0.15, 0.2) is 24.3 Å². The van der Waals surface area contributed by atoms with E-state index in [1.165, 1.54) is 30.4 Å². The van der Waals surface area contributed by atoms with E-state index >= 15 is 0 Å². The Hall–Kier alpha value is -0.810. The molecule has 0 bridgehead atoms. The van der Waals surface area contributed by atoms with Crippen LogP contribution in [-0.2, 0) is 17.9 Å². The molecule has 0 spiro atoms. The zero-order chi connectivity index (χ0) is 18.1. The van der Waals surface area contributed by atoms with Gasteiger partial charge in [-0.05, 0) is 49.0 Å². The Morgan fingerprint density at radius 2 is 1.67 bits per heavy atom. The van der Waals surface area contributed by atoms with Gasteiger partial charge in [-0.25, -0.2) is 0 Å². The molecule has 0 heterocycles. The first-order valence-electron chi connectivity index (χ1n) is 9.88. The van der Waals surface area contributed by atoms with Crippen molar-refractivity contribution in [1.29, 1.82) is 0 Å². The predicted molar refractivity (Wildman–Crippen MR) is 119 cm³/mol. The third-order valence-electron chi connectivity index (χ3n) is 5.77. The summed E-state index contributed by atoms with van der Waals surface area (Å²) in [6.45, 7) is 8.61. The molecule has 0 aliphatic heterocycles. The van der Waals surface area contributed by atoms with E-state index in [1.54, 1.807) is 0 Å². The Morgan fingerprint density at radius 3 is 2.22 bits per heavy atom. The summed E-state index contributed by atoms with van der Waals surface area (Å²) in [5, 5.41) is 3.14. The summed E-state index contributed by atoms with van der Waals surface area (Å²) in [7, 11) is 0. The number of rotatable bonds is 9. The summed E-state index contributed by atoms with van der Waals surface area (Å²) in [5.41, 5.74) is 8.57. The van der Waals surface area contributed by atoms with Crippen molar-refractivity contribution in [3.8, 4) is 0 Å². The van der Waals surface area contributed by atoms with Crippen molar-refractivity contribution in [2.24, 2.45) is 11.1 Å². The number of hydrogen-bond acceptors (Lipinski definition) is 3. The molecular formula is C21H37Cl2N3O. The van der Waals surface area contributed by atoms with E-state index in [-0.39, 0.29) is 36.1 Å². The highest BCUT2D eigenvalue weighted by Crippen LogP contribution is 2.38. The number of carbonyl (C=O) groups excluding carboxylic acids is 1. The van der Waals surface area contributed by atoms with Crippen LogP contribution >= 0.6 is 24.8 Å². The summed E-state index contributed by atoms with van der Waals surface area (Å²) in [5.74, 6) is 0.144. The number of hydrogen-bond donors (Lipinski definition) is 2. The number of nitrogens with one attached hydrogen (secondary N) is 1. The first-order valence-corrected chi connectivity index (χ1v) is 9.88. The lowest BCUT2D eigenvalue weighted by molar-refractivity contribution is -0.124. The van der Waals surface area contributed by atoms with E-state index in [0.29, 0.717) is 19.5 Å². The SMILES string of the molecule is CCN(CC)Cc1ccccc1CNC(=O)CC1(CN)CCCCC1.Cl.Cl. The van der Waals surface area contributed by atoms with Crippen molar-refractivity contribution in [3.05, 3.63) is 35.4 Å². The Bertz CT molecular complexity index is 544. The molecule has 1 aliphatic rings. The van der Waals surface area contributed by atoms with Crippen LogP contribution in [-0.4, -0.2) is 30.4 Å². The van der Waals surface area contributed by atoms with Crippen LogP contribution in [0.1, 0.15) is 63.5 Å². The molecule has 2 rings (SSSR count). The van der Waals surface area contributed by atoms with Gasteiger partial charge in [-0.1, -0.05) is 57.4 Å². The minimum absolute atomic E-state index is 0. The van der Waals surface area contributed by atoms with Gasteiger partial charge in [0.1, 0.15) is 0 Å². The second-order valence-electron chi connectivity index (χ2n) is 7.45. The van der Waals surface area contributed by atoms with E-state index in [2.05, 4.69) is 48.3 Å². The van der Waals surface area contributed by atoms with Crippen molar-refractivity contribution in [2.45, 2.75) is 65.5 Å². The average molecular weight is 418 g/mol. The van der Waals surface area contributed by atoms with Crippen LogP contribution in [0.25, 0.3) is 0 Å². The zero-order valence-electron chi connectivity index (χ0n) is 16.8. The maximum atomic E-state index is 12.5. The molecule has 27 heavy (non-hydrogen) atoms. The fraction of sp³-hybridized carbons (Fsp3) is 0.667. The van der Waals surface area contributed by atoms with E-state index in [9.17, 15) is 4.79 Å². The Morgan fingerprint density at radius 1 is 1.07 bits per heavy atom. The normalized spacial score (nSPS) is 15.6. The number of benzene rings is 1. The van der Waals surface area contributed by atoms with Crippen LogP contribution in [0.5, 0.6) is 0 Å². The third-order valence-corrected chi connectivity index (χ3v) is 5.77. The summed E-state index contributed by atoms with van der Waals surface area (Å²) in [4.78, 5) is 14.9. The van der Waals surface area contributed by atoms with Crippen LogP contribution in [0.4, 0.5) is 0 Å². The molecule has 0 saturated heterocycles. The molecule has 0 atom stereocenters. The fourth-order valence-corrected chi connectivity index (χ4v) is 3.92. The molecular weight excluding hydrogens is 381 g/mol. The molecule has 156 valence electrons. The highest BCUT2D eigenvalue weighted by molar-refractivity contribution is 5.85. The van der Waals surface area contributed by atoms with Crippen LogP contribution in [0, 0.1) is 5.41 Å². The van der Waals surface area contributed by atoms with E-state index in [0.717, 1.165) is 32.5 Å². The minimum atomic E-state index is 0. The number of carbonyl (C=O) groups is 1. The third kappa shape index (κ3) is 7.98. The van der Waals surface area contributed by atoms with Gasteiger partial charge in [-0.15, -0.1) is 24.8 Å². The molecule has 1 aliphatic carbocycles. The van der Waals surface area contributed by atoms with Crippen molar-refractivity contribution < 1.29 is 4.79 Å². The second kappa shape index (κ2) is 13.4. The summed E-state index contributed by atoms with van der Waals surface area (Å²) in [6.07, 6.45) is 6.45. The molecule has 6 heteroatoms. The van der Waals surface area contributed by atoms with Crippen LogP contribution in [0.3, 0.4) is 0 Å². The molecule has 3 N–H and O–H groups in total. The summed E-state index contributed by atoms with van der Waals surface area (Å²) >= 11 is 0. The Kier molecular flexibility index (Phi) is 13.0. The maximum Gasteiger partial charge on any atom is 0.220 e. The topological polar surface area (TPSA) is 58.4 Å². The molecule has 4 nitrogen and oxygen atoms in total. The summed E-state index contributed by atoms with van der Waals surface area (Å²) < 4.78 is 0. The molecule has 1 saturated carbocycles. The number of amides is 1. The van der Waals surface area contributed by atoms with Crippen molar-refractivity contribution in [3.63, 3.8) is 0 Å². The quantitative estimate of drug-likeness (QED) is 0.629. The fourth-order valence-electron chi connectivity index (χ4n) is 3.92. The van der Waals surface area contributed by atoms with Crippen molar-refractivity contribution >= 4 is 30.7 Å². The van der Waals surface area contributed by atoms with Gasteiger partial charge in [0.05, 0.1) is 0 Å². The molecule has 1 aromatic rings. The highest BCUT2D eigenvalue weighted by Gasteiger charge is 2.32. The first kappa shape index (κ1) is 26.2. The van der Waals surface area contributed by atoms with Gasteiger partial charge < -0.3 is 11.1 Å². The highest BCUT2D eigenvalue weighted by atomic mass is 35.5. The van der Waals surface area contributed by atoms with Gasteiger partial charge in [-0.3, -0.25) is 9.69 Å². The van der Waals surface area contributed by atoms with Gasteiger partial charge in [-0.2, -0.15) is 0 Å². The number of nitrogens with two attached hydrogens (primary N) is 1. The predicted octanol–water partition coefficient (Wildman–Crippen LogP) is 4.29. The van der Waals surface area contributed by atoms with E-state index < -0.39 is 0 Å². The lowest BCUT2D eigenvalue weighted by atomic mass is 9.71. The molecule has 0 aromatic heterocycles. The average Bonchev–Trinajstić information content (AvgIpc) is 2.66. The Balaban J connectivity index is 0.00000338. The van der Waals surface area contributed by atoms with Gasteiger partial charge in [0, 0.05) is 19.5 Å². The van der Waals surface area contributed by atoms with Crippen molar-refractivity contribution in [1.82, 2.24) is 10.2 Å². The van der Waals surface area contributed by atoms with E-state index in [1.807, 2.05) is 0 Å². The number of nitrogens with zero attached hydrogens (tertiary/aromatic N) is 1. The second-order valence-corrected chi connectivity index (χ2v) is 7.45. The molecule has 1 aromatic carbocycles. The van der Waals surface area contributed by atoms with Gasteiger partial charge in [0.15, 0.2) is 0 Å². The van der Waals surface area contributed by atoms with Crippen LogP contribution in [0.2, 0.25) is 0 Å². The Labute approximate surface area is 177 Å². The maximum absolute atomic E-state index is 12.5. The van der Waals surface area contributed by atoms with Crippen molar-refractivity contribution in [2.75, 3.05) is 19.6 Å². The standard InChI is InChI=1S/C21H35N3O.2ClH/c1-3-24(4-2)16-19-11-7-6-10-18(19)15-23-20(25)14-21(17-22)12-8-5-9-13-21;;/h6-7,10-11H,3-5,8-9,12-17,22H2,1-2H3,(H,23,25);2*1H. The minimum Gasteiger partial charge on any atom is -0.352 e. The molecule has 1 fully saturated rings. The zero-order valence-corrected chi connectivity index (χ0v) is 18.5. The molecule has 0 radical (unpaired) electrons. The smallest absolute Gasteiger partial charge is 0.220 e. The van der Waals surface area contributed by atoms with E-state index in [4.69, 9.17) is 5.73 Å². The van der Waals surface area contributed by atoms with Gasteiger partial charge in [0.2, 0.25) is 5.91 Å². The lowest BCUT2D eigenvalue weighted by Gasteiger charge is -2.35. The first-order chi connectivity index (χ1) is 12.1. The van der Waals surface area contributed by atoms with Crippen LogP contribution < -0.4 is 11.1 Å².